The Kier molecular flexibility index (Phi) is 9.20. The van der Waals surface area contributed by atoms with Gasteiger partial charge in [0.05, 0.1) is 12.3 Å². The summed E-state index contributed by atoms with van der Waals surface area (Å²) < 4.78 is 27.5. The molecule has 1 aliphatic rings. The van der Waals surface area contributed by atoms with Gasteiger partial charge in [0, 0.05) is 23.9 Å². The monoisotopic (exact) mass is 532 g/mol. The van der Waals surface area contributed by atoms with Crippen LogP contribution >= 0.6 is 0 Å². The van der Waals surface area contributed by atoms with Gasteiger partial charge in [0.15, 0.2) is 0 Å². The molecule has 8 heteroatoms. The second-order valence-electron chi connectivity index (χ2n) is 9.60. The minimum atomic E-state index is -1.00. The average molecular weight is 533 g/mol. The molecule has 0 spiro atoms. The largest absolute Gasteiger partial charge is 0.481 e. The Balaban J connectivity index is 1.54. The summed E-state index contributed by atoms with van der Waals surface area (Å²) in [5.41, 5.74) is 4.33. The van der Waals surface area contributed by atoms with Gasteiger partial charge in [-0.3, -0.25) is 14.4 Å². The van der Waals surface area contributed by atoms with E-state index in [1.165, 1.54) is 12.0 Å². The van der Waals surface area contributed by atoms with Gasteiger partial charge >= 0.3 is 5.97 Å². The van der Waals surface area contributed by atoms with Gasteiger partial charge in [-0.1, -0.05) is 42.5 Å². The first kappa shape index (κ1) is 27.7. The van der Waals surface area contributed by atoms with Crippen molar-refractivity contribution >= 4 is 29.0 Å². The lowest BCUT2D eigenvalue weighted by atomic mass is 9.88. The van der Waals surface area contributed by atoms with Crippen LogP contribution in [0.1, 0.15) is 65.1 Å². The molecule has 0 aromatic heterocycles. The van der Waals surface area contributed by atoms with Crippen molar-refractivity contribution in [3.8, 4) is 0 Å². The summed E-state index contributed by atoms with van der Waals surface area (Å²) >= 11 is 0. The van der Waals surface area contributed by atoms with Crippen molar-refractivity contribution in [2.75, 3.05) is 11.9 Å². The lowest BCUT2D eigenvalue weighted by Gasteiger charge is -2.19. The summed E-state index contributed by atoms with van der Waals surface area (Å²) in [4.78, 5) is 36.3. The topological polar surface area (TPSA) is 95.5 Å². The Morgan fingerprint density at radius 3 is 2.21 bits per heavy atom. The zero-order chi connectivity index (χ0) is 27.8. The minimum Gasteiger partial charge on any atom is -0.481 e. The van der Waals surface area contributed by atoms with Crippen LogP contribution in [0.25, 0.3) is 5.57 Å². The number of halogens is 2. The van der Waals surface area contributed by atoms with E-state index >= 15 is 0 Å². The van der Waals surface area contributed by atoms with Crippen molar-refractivity contribution in [3.05, 3.63) is 107 Å². The van der Waals surface area contributed by atoms with Crippen LogP contribution in [0.4, 0.5) is 14.5 Å². The maximum Gasteiger partial charge on any atom is 0.305 e. The van der Waals surface area contributed by atoms with Crippen LogP contribution in [0.15, 0.2) is 72.8 Å². The lowest BCUT2D eigenvalue weighted by molar-refractivity contribution is -0.136. The van der Waals surface area contributed by atoms with Gasteiger partial charge in [-0.05, 0) is 78.6 Å². The van der Waals surface area contributed by atoms with Crippen molar-refractivity contribution in [1.29, 1.82) is 0 Å². The number of carboxylic acids is 1. The standard InChI is InChI=1S/C31H30F2N2O4/c32-25-17-26(33)19-27(18-25)35-31(39)28(23-12-10-22(11-13-23)21-4-2-1-3-5-21)16-20-6-8-24(9-7-20)30(38)34-15-14-29(36)37/h4,6-13,17-19,28H,1-3,5,14-16H2,(H,34,38)(H,35,39)(H,36,37). The Hall–Kier alpha value is -4.33. The fourth-order valence-electron chi connectivity index (χ4n) is 4.66. The minimum absolute atomic E-state index is 0.0196. The number of aliphatic carboxylic acids is 1. The zero-order valence-electron chi connectivity index (χ0n) is 21.4. The van der Waals surface area contributed by atoms with Crippen LogP contribution in [0.5, 0.6) is 0 Å². The lowest BCUT2D eigenvalue weighted by Crippen LogP contribution is -2.26. The smallest absolute Gasteiger partial charge is 0.305 e. The molecule has 6 nitrogen and oxygen atoms in total. The number of allylic oxidation sites excluding steroid dienone is 2. The molecule has 1 unspecified atom stereocenters. The molecule has 1 atom stereocenters. The van der Waals surface area contributed by atoms with E-state index in [-0.39, 0.29) is 25.1 Å². The molecule has 1 aliphatic carbocycles. The third-order valence-corrected chi connectivity index (χ3v) is 6.70. The summed E-state index contributed by atoms with van der Waals surface area (Å²) in [5, 5.41) is 13.9. The van der Waals surface area contributed by atoms with Gasteiger partial charge in [0.1, 0.15) is 11.6 Å². The van der Waals surface area contributed by atoms with E-state index in [4.69, 9.17) is 5.11 Å². The molecule has 3 aromatic carbocycles. The maximum absolute atomic E-state index is 13.7. The number of benzene rings is 3. The van der Waals surface area contributed by atoms with Crippen LogP contribution in [0.2, 0.25) is 0 Å². The van der Waals surface area contributed by atoms with Gasteiger partial charge < -0.3 is 15.7 Å². The van der Waals surface area contributed by atoms with E-state index in [2.05, 4.69) is 16.7 Å². The van der Waals surface area contributed by atoms with E-state index in [0.717, 1.165) is 54.2 Å². The first-order chi connectivity index (χ1) is 18.8. The summed E-state index contributed by atoms with van der Waals surface area (Å²) in [6, 6.07) is 17.4. The number of carbonyl (C=O) groups is 3. The maximum atomic E-state index is 13.7. The summed E-state index contributed by atoms with van der Waals surface area (Å²) in [7, 11) is 0. The van der Waals surface area contributed by atoms with Crippen LogP contribution in [0.3, 0.4) is 0 Å². The fourth-order valence-corrected chi connectivity index (χ4v) is 4.66. The molecule has 0 saturated carbocycles. The van der Waals surface area contributed by atoms with Crippen molar-refractivity contribution in [3.63, 3.8) is 0 Å². The van der Waals surface area contributed by atoms with Crippen molar-refractivity contribution in [2.24, 2.45) is 0 Å². The zero-order valence-corrected chi connectivity index (χ0v) is 21.4. The van der Waals surface area contributed by atoms with Crippen molar-refractivity contribution < 1.29 is 28.3 Å². The number of carboxylic acid groups (broad SMARTS) is 1. The third kappa shape index (κ3) is 7.83. The van der Waals surface area contributed by atoms with E-state index in [9.17, 15) is 23.2 Å². The summed E-state index contributed by atoms with van der Waals surface area (Å²) in [6.07, 6.45) is 6.77. The number of carbonyl (C=O) groups excluding carboxylic acids is 2. The number of amides is 2. The molecular weight excluding hydrogens is 502 g/mol. The number of hydrogen-bond donors (Lipinski definition) is 3. The molecule has 3 aromatic rings. The van der Waals surface area contributed by atoms with Crippen molar-refractivity contribution in [2.45, 2.75) is 44.4 Å². The van der Waals surface area contributed by atoms with E-state index < -0.39 is 35.3 Å². The van der Waals surface area contributed by atoms with Crippen LogP contribution < -0.4 is 10.6 Å². The summed E-state index contributed by atoms with van der Waals surface area (Å²) in [6.45, 7) is 0.0196. The van der Waals surface area contributed by atoms with Gasteiger partial charge in [0.25, 0.3) is 5.91 Å². The van der Waals surface area contributed by atoms with Gasteiger partial charge in [0.2, 0.25) is 5.91 Å². The molecule has 0 saturated heterocycles. The summed E-state index contributed by atoms with van der Waals surface area (Å²) in [5.74, 6) is -4.05. The predicted octanol–water partition coefficient (Wildman–Crippen LogP) is 6.09. The molecule has 0 aliphatic heterocycles. The van der Waals surface area contributed by atoms with E-state index in [1.54, 1.807) is 24.3 Å². The second-order valence-corrected chi connectivity index (χ2v) is 9.60. The molecule has 0 bridgehead atoms. The quantitative estimate of drug-likeness (QED) is 0.294. The number of anilines is 1. The highest BCUT2D eigenvalue weighted by molar-refractivity contribution is 5.96. The Morgan fingerprint density at radius 1 is 0.897 bits per heavy atom. The molecular formula is C31H30F2N2O4. The number of nitrogens with one attached hydrogen (secondary N) is 2. The first-order valence-electron chi connectivity index (χ1n) is 12.9. The molecule has 3 N–H and O–H groups in total. The van der Waals surface area contributed by atoms with E-state index in [0.29, 0.717) is 5.56 Å². The molecule has 0 fully saturated rings. The molecule has 39 heavy (non-hydrogen) atoms. The van der Waals surface area contributed by atoms with Crippen LogP contribution in [0, 0.1) is 11.6 Å². The van der Waals surface area contributed by atoms with Crippen LogP contribution in [-0.4, -0.2) is 29.4 Å². The molecule has 2 amide bonds. The van der Waals surface area contributed by atoms with Crippen molar-refractivity contribution in [1.82, 2.24) is 5.32 Å². The van der Waals surface area contributed by atoms with Crippen LogP contribution in [-0.2, 0) is 16.0 Å². The highest BCUT2D eigenvalue weighted by Crippen LogP contribution is 2.30. The second kappa shape index (κ2) is 13.0. The predicted molar refractivity (Wildman–Crippen MR) is 145 cm³/mol. The molecule has 202 valence electrons. The highest BCUT2D eigenvalue weighted by Gasteiger charge is 2.23. The fraction of sp³-hybridized carbons (Fsp3) is 0.258. The molecule has 4 rings (SSSR count). The molecule has 0 radical (unpaired) electrons. The highest BCUT2D eigenvalue weighted by atomic mass is 19.1. The Morgan fingerprint density at radius 2 is 1.59 bits per heavy atom. The van der Waals surface area contributed by atoms with Gasteiger partial charge in [-0.25, -0.2) is 8.78 Å². The average Bonchev–Trinajstić information content (AvgIpc) is 2.92. The normalized spacial score (nSPS) is 13.7. The van der Waals surface area contributed by atoms with Gasteiger partial charge in [-0.2, -0.15) is 0 Å². The molecule has 0 heterocycles. The Labute approximate surface area is 225 Å². The van der Waals surface area contributed by atoms with Gasteiger partial charge in [-0.15, -0.1) is 0 Å². The van der Waals surface area contributed by atoms with E-state index in [1.807, 2.05) is 24.3 Å². The number of hydrogen-bond acceptors (Lipinski definition) is 3. The first-order valence-corrected chi connectivity index (χ1v) is 12.9. The Bertz CT molecular complexity index is 1350. The SMILES string of the molecule is O=C(O)CCNC(=O)c1ccc(CC(C(=O)Nc2cc(F)cc(F)c2)c2ccc(C3=CCCCC3)cc2)cc1. The number of rotatable bonds is 10. The third-order valence-electron chi connectivity index (χ3n) is 6.70.